The Morgan fingerprint density at radius 1 is 1.35 bits per heavy atom. The van der Waals surface area contributed by atoms with Crippen LogP contribution in [0.2, 0.25) is 0 Å². The Balaban J connectivity index is 2.07. The van der Waals surface area contributed by atoms with Gasteiger partial charge in [0.1, 0.15) is 6.33 Å². The Kier molecular flexibility index (Phi) is 4.49. The lowest BCUT2D eigenvalue weighted by Gasteiger charge is -2.32. The van der Waals surface area contributed by atoms with Crippen LogP contribution in [0.25, 0.3) is 0 Å². The van der Waals surface area contributed by atoms with E-state index in [1.165, 1.54) is 25.7 Å². The van der Waals surface area contributed by atoms with Crippen LogP contribution < -0.4 is 5.32 Å². The quantitative estimate of drug-likeness (QED) is 0.869. The Morgan fingerprint density at radius 2 is 2.12 bits per heavy atom. The number of aromatic nitrogens is 2. The maximum Gasteiger partial charge on any atom is 0.115 e. The van der Waals surface area contributed by atoms with Gasteiger partial charge in [-0.05, 0) is 37.3 Å². The van der Waals surface area contributed by atoms with E-state index in [1.54, 1.807) is 6.33 Å². The van der Waals surface area contributed by atoms with Crippen molar-refractivity contribution in [2.75, 3.05) is 6.54 Å². The van der Waals surface area contributed by atoms with Gasteiger partial charge in [-0.3, -0.25) is 0 Å². The lowest BCUT2D eigenvalue weighted by atomic mass is 9.78. The fourth-order valence-electron chi connectivity index (χ4n) is 2.84. The highest BCUT2D eigenvalue weighted by atomic mass is 15.0. The minimum atomic E-state index is 0.413. The molecule has 1 unspecified atom stereocenters. The number of nitrogens with zero attached hydrogens (tertiary/aromatic N) is 2. The minimum absolute atomic E-state index is 0.413. The maximum absolute atomic E-state index is 4.42. The van der Waals surface area contributed by atoms with Gasteiger partial charge in [0.25, 0.3) is 0 Å². The third kappa shape index (κ3) is 3.25. The molecule has 0 aromatic carbocycles. The van der Waals surface area contributed by atoms with Crippen molar-refractivity contribution in [1.82, 2.24) is 15.3 Å². The molecule has 1 aliphatic carbocycles. The summed E-state index contributed by atoms with van der Waals surface area (Å²) in [5.74, 6) is 1.64. The Bertz CT molecular complexity index is 317. The van der Waals surface area contributed by atoms with Crippen LogP contribution in [0.5, 0.6) is 0 Å². The second kappa shape index (κ2) is 6.10. The molecule has 17 heavy (non-hydrogen) atoms. The van der Waals surface area contributed by atoms with Crippen molar-refractivity contribution in [3.8, 4) is 0 Å². The Hall–Kier alpha value is -0.960. The molecule has 94 valence electrons. The van der Waals surface area contributed by atoms with E-state index >= 15 is 0 Å². The average molecular weight is 233 g/mol. The van der Waals surface area contributed by atoms with E-state index in [-0.39, 0.29) is 0 Å². The van der Waals surface area contributed by atoms with Gasteiger partial charge < -0.3 is 5.32 Å². The van der Waals surface area contributed by atoms with Crippen LogP contribution in [0.3, 0.4) is 0 Å². The van der Waals surface area contributed by atoms with E-state index < -0.39 is 0 Å². The molecular weight excluding hydrogens is 210 g/mol. The predicted octanol–water partition coefficient (Wildman–Crippen LogP) is 2.95. The van der Waals surface area contributed by atoms with E-state index in [2.05, 4.69) is 29.1 Å². The summed E-state index contributed by atoms with van der Waals surface area (Å²) in [5.41, 5.74) is 1.15. The molecule has 0 radical (unpaired) electrons. The van der Waals surface area contributed by atoms with Crippen LogP contribution in [0.1, 0.15) is 51.3 Å². The number of hydrogen-bond acceptors (Lipinski definition) is 3. The van der Waals surface area contributed by atoms with Crippen LogP contribution in [0.15, 0.2) is 18.6 Å². The summed E-state index contributed by atoms with van der Waals surface area (Å²) in [5, 5.41) is 3.59. The highest BCUT2D eigenvalue weighted by Gasteiger charge is 2.27. The normalized spacial score (nSPS) is 26.7. The molecule has 3 nitrogen and oxygen atoms in total. The third-order valence-corrected chi connectivity index (χ3v) is 3.88. The van der Waals surface area contributed by atoms with Gasteiger partial charge in [0.15, 0.2) is 0 Å². The molecule has 1 heterocycles. The van der Waals surface area contributed by atoms with Gasteiger partial charge in [-0.2, -0.15) is 0 Å². The molecule has 1 aromatic rings. The van der Waals surface area contributed by atoms with Gasteiger partial charge in [0.05, 0.1) is 11.7 Å². The molecule has 1 atom stereocenters. The average Bonchev–Trinajstić information content (AvgIpc) is 2.38. The SMILES string of the molecule is CCNC(c1ccncn1)C1CCC(C)CC1. The zero-order valence-corrected chi connectivity index (χ0v) is 10.9. The summed E-state index contributed by atoms with van der Waals surface area (Å²) in [4.78, 5) is 8.42. The van der Waals surface area contributed by atoms with Crippen molar-refractivity contribution in [2.45, 2.75) is 45.6 Å². The number of hydrogen-bond donors (Lipinski definition) is 1. The lowest BCUT2D eigenvalue weighted by Crippen LogP contribution is -2.31. The highest BCUT2D eigenvalue weighted by Crippen LogP contribution is 2.35. The van der Waals surface area contributed by atoms with Gasteiger partial charge in [-0.1, -0.05) is 26.7 Å². The zero-order valence-electron chi connectivity index (χ0n) is 10.9. The number of nitrogens with one attached hydrogen (secondary N) is 1. The molecule has 1 N–H and O–H groups in total. The first-order valence-electron chi connectivity index (χ1n) is 6.80. The third-order valence-electron chi connectivity index (χ3n) is 3.88. The van der Waals surface area contributed by atoms with Gasteiger partial charge in [-0.25, -0.2) is 9.97 Å². The van der Waals surface area contributed by atoms with Crippen molar-refractivity contribution in [3.63, 3.8) is 0 Å². The van der Waals surface area contributed by atoms with Gasteiger partial charge in [0, 0.05) is 6.20 Å². The first kappa shape index (κ1) is 12.5. The molecular formula is C14H23N3. The van der Waals surface area contributed by atoms with E-state index in [1.807, 2.05) is 12.3 Å². The maximum atomic E-state index is 4.42. The van der Waals surface area contributed by atoms with E-state index in [9.17, 15) is 0 Å². The van der Waals surface area contributed by atoms with Crippen LogP contribution in [0, 0.1) is 11.8 Å². The smallest absolute Gasteiger partial charge is 0.115 e. The first-order valence-corrected chi connectivity index (χ1v) is 6.80. The van der Waals surface area contributed by atoms with Crippen LogP contribution in [0.4, 0.5) is 0 Å². The van der Waals surface area contributed by atoms with Crippen molar-refractivity contribution < 1.29 is 0 Å². The molecule has 0 aliphatic heterocycles. The standard InChI is InChI=1S/C14H23N3/c1-3-16-14(13-8-9-15-10-17-13)12-6-4-11(2)5-7-12/h8-12,14,16H,3-7H2,1-2H3. The molecule has 0 spiro atoms. The summed E-state index contributed by atoms with van der Waals surface area (Å²) in [7, 11) is 0. The predicted molar refractivity (Wildman–Crippen MR) is 69.6 cm³/mol. The lowest BCUT2D eigenvalue weighted by molar-refractivity contribution is 0.230. The first-order chi connectivity index (χ1) is 8.31. The van der Waals surface area contributed by atoms with E-state index in [0.29, 0.717) is 6.04 Å². The number of rotatable bonds is 4. The molecule has 2 rings (SSSR count). The van der Waals surface area contributed by atoms with Crippen LogP contribution in [-0.4, -0.2) is 16.5 Å². The van der Waals surface area contributed by atoms with Crippen molar-refractivity contribution >= 4 is 0 Å². The van der Waals surface area contributed by atoms with Crippen LogP contribution >= 0.6 is 0 Å². The molecule has 1 saturated carbocycles. The molecule has 0 amide bonds. The second-order valence-electron chi connectivity index (χ2n) is 5.19. The van der Waals surface area contributed by atoms with Gasteiger partial charge >= 0.3 is 0 Å². The second-order valence-corrected chi connectivity index (χ2v) is 5.19. The molecule has 1 aromatic heterocycles. The fraction of sp³-hybridized carbons (Fsp3) is 0.714. The summed E-state index contributed by atoms with van der Waals surface area (Å²) in [6.45, 7) is 5.53. The van der Waals surface area contributed by atoms with Gasteiger partial charge in [-0.15, -0.1) is 0 Å². The van der Waals surface area contributed by atoms with Crippen molar-refractivity contribution in [3.05, 3.63) is 24.3 Å². The van der Waals surface area contributed by atoms with E-state index in [4.69, 9.17) is 0 Å². The minimum Gasteiger partial charge on any atom is -0.309 e. The van der Waals surface area contributed by atoms with Crippen molar-refractivity contribution in [2.24, 2.45) is 11.8 Å². The topological polar surface area (TPSA) is 37.8 Å². The largest absolute Gasteiger partial charge is 0.309 e. The molecule has 3 heteroatoms. The summed E-state index contributed by atoms with van der Waals surface area (Å²) < 4.78 is 0. The molecule has 1 aliphatic rings. The Morgan fingerprint density at radius 3 is 2.71 bits per heavy atom. The fourth-order valence-corrected chi connectivity index (χ4v) is 2.84. The molecule has 0 saturated heterocycles. The molecule has 1 fully saturated rings. The van der Waals surface area contributed by atoms with Crippen LogP contribution in [-0.2, 0) is 0 Å². The summed E-state index contributed by atoms with van der Waals surface area (Å²) in [6.07, 6.45) is 8.87. The highest BCUT2D eigenvalue weighted by molar-refractivity contribution is 5.07. The zero-order chi connectivity index (χ0) is 12.1. The molecule has 0 bridgehead atoms. The monoisotopic (exact) mass is 233 g/mol. The van der Waals surface area contributed by atoms with Crippen molar-refractivity contribution in [1.29, 1.82) is 0 Å². The summed E-state index contributed by atoms with van der Waals surface area (Å²) in [6, 6.07) is 2.46. The van der Waals surface area contributed by atoms with E-state index in [0.717, 1.165) is 24.1 Å². The summed E-state index contributed by atoms with van der Waals surface area (Å²) >= 11 is 0. The Labute approximate surface area is 104 Å². The van der Waals surface area contributed by atoms with Gasteiger partial charge in [0.2, 0.25) is 0 Å².